The molecule has 0 spiro atoms. The number of nitrogens with zero attached hydrogens (tertiary/aromatic N) is 1. The van der Waals surface area contributed by atoms with Gasteiger partial charge in [0.05, 0.1) is 18.3 Å². The summed E-state index contributed by atoms with van der Waals surface area (Å²) in [6, 6.07) is 13.2. The molecule has 0 saturated heterocycles. The highest BCUT2D eigenvalue weighted by molar-refractivity contribution is 5.92. The number of aromatic nitrogens is 1. The molecule has 2 aromatic carbocycles. The van der Waals surface area contributed by atoms with Crippen LogP contribution in [0.5, 0.6) is 11.5 Å². The van der Waals surface area contributed by atoms with Crippen LogP contribution in [0.3, 0.4) is 0 Å². The molecule has 1 heterocycles. The van der Waals surface area contributed by atoms with Gasteiger partial charge in [-0.2, -0.15) is 4.73 Å². The van der Waals surface area contributed by atoms with E-state index in [4.69, 9.17) is 9.57 Å². The zero-order valence-electron chi connectivity index (χ0n) is 13.0. The van der Waals surface area contributed by atoms with Crippen molar-refractivity contribution in [2.24, 2.45) is 0 Å². The van der Waals surface area contributed by atoms with E-state index in [2.05, 4.69) is 0 Å². The van der Waals surface area contributed by atoms with Gasteiger partial charge in [-0.05, 0) is 49.7 Å². The topological polar surface area (TPSA) is 43.6 Å². The Kier molecular flexibility index (Phi) is 3.67. The maximum atomic E-state index is 9.77. The molecule has 0 unspecified atom stereocenters. The molecule has 0 bridgehead atoms. The van der Waals surface area contributed by atoms with E-state index in [1.165, 1.54) is 0 Å². The van der Waals surface area contributed by atoms with Crippen molar-refractivity contribution in [2.45, 2.75) is 13.8 Å². The van der Waals surface area contributed by atoms with E-state index >= 15 is 0 Å². The number of methoxy groups -OCH3 is 1. The summed E-state index contributed by atoms with van der Waals surface area (Å²) in [5, 5.41) is 10.7. The highest BCUT2D eigenvalue weighted by Gasteiger charge is 2.17. The molecule has 3 aromatic rings. The normalized spacial score (nSPS) is 10.9. The molecular weight excluding hydrogens is 278 g/mol. The fourth-order valence-corrected chi connectivity index (χ4v) is 2.77. The molecule has 3 rings (SSSR count). The first-order valence-electron chi connectivity index (χ1n) is 7.27. The van der Waals surface area contributed by atoms with Crippen LogP contribution in [-0.2, 0) is 0 Å². The number of hydrogen-bond donors (Lipinski definition) is 1. The van der Waals surface area contributed by atoms with Crippen LogP contribution in [0, 0.1) is 6.92 Å². The second-order valence-corrected chi connectivity index (χ2v) is 5.12. The third-order valence-corrected chi connectivity index (χ3v) is 3.76. The van der Waals surface area contributed by atoms with Crippen LogP contribution < -0.4 is 9.57 Å². The number of rotatable bonds is 4. The molecule has 0 fully saturated rings. The standard InChI is InChI=1S/C18H19NO3/c1-4-22-19-17-9-8-14(20)11-16(17)12(2)18(19)13-6-5-7-15(10-13)21-3/h5-11,20H,4H2,1-3H3. The van der Waals surface area contributed by atoms with Crippen molar-refractivity contribution in [3.8, 4) is 22.8 Å². The molecule has 0 radical (unpaired) electrons. The first-order valence-corrected chi connectivity index (χ1v) is 7.27. The monoisotopic (exact) mass is 297 g/mol. The van der Waals surface area contributed by atoms with E-state index in [1.807, 2.05) is 48.9 Å². The van der Waals surface area contributed by atoms with Gasteiger partial charge in [-0.15, -0.1) is 0 Å². The predicted octanol–water partition coefficient (Wildman–Crippen LogP) is 3.78. The van der Waals surface area contributed by atoms with Crippen LogP contribution in [0.1, 0.15) is 12.5 Å². The molecule has 0 amide bonds. The summed E-state index contributed by atoms with van der Waals surface area (Å²) in [6.07, 6.45) is 0. The number of aromatic hydroxyl groups is 1. The third kappa shape index (κ3) is 2.26. The summed E-state index contributed by atoms with van der Waals surface area (Å²) in [5.41, 5.74) is 3.99. The molecule has 22 heavy (non-hydrogen) atoms. The van der Waals surface area contributed by atoms with E-state index in [9.17, 15) is 5.11 Å². The van der Waals surface area contributed by atoms with Crippen LogP contribution in [0.2, 0.25) is 0 Å². The molecule has 0 saturated carbocycles. The summed E-state index contributed by atoms with van der Waals surface area (Å²) in [6.45, 7) is 4.55. The lowest BCUT2D eigenvalue weighted by molar-refractivity contribution is 0.136. The van der Waals surface area contributed by atoms with Gasteiger partial charge in [-0.1, -0.05) is 12.1 Å². The second kappa shape index (κ2) is 5.64. The summed E-state index contributed by atoms with van der Waals surface area (Å²) in [4.78, 5) is 5.83. The van der Waals surface area contributed by atoms with Crippen molar-refractivity contribution in [1.29, 1.82) is 0 Å². The third-order valence-electron chi connectivity index (χ3n) is 3.76. The van der Waals surface area contributed by atoms with Crippen molar-refractivity contribution in [3.63, 3.8) is 0 Å². The minimum absolute atomic E-state index is 0.251. The van der Waals surface area contributed by atoms with E-state index in [-0.39, 0.29) is 5.75 Å². The molecule has 4 nitrogen and oxygen atoms in total. The van der Waals surface area contributed by atoms with Crippen molar-refractivity contribution in [2.75, 3.05) is 13.7 Å². The Bertz CT molecular complexity index is 821. The van der Waals surface area contributed by atoms with Crippen LogP contribution in [0.4, 0.5) is 0 Å². The Hall–Kier alpha value is -2.62. The fourth-order valence-electron chi connectivity index (χ4n) is 2.77. The second-order valence-electron chi connectivity index (χ2n) is 5.12. The largest absolute Gasteiger partial charge is 0.508 e. The smallest absolute Gasteiger partial charge is 0.119 e. The molecule has 114 valence electrons. The summed E-state index contributed by atoms with van der Waals surface area (Å²) < 4.78 is 7.15. The highest BCUT2D eigenvalue weighted by atomic mass is 16.7. The minimum atomic E-state index is 0.251. The summed E-state index contributed by atoms with van der Waals surface area (Å²) in [5.74, 6) is 1.05. The number of ether oxygens (including phenoxy) is 1. The van der Waals surface area contributed by atoms with Gasteiger partial charge in [0.15, 0.2) is 0 Å². The van der Waals surface area contributed by atoms with Gasteiger partial charge in [0.25, 0.3) is 0 Å². The van der Waals surface area contributed by atoms with Gasteiger partial charge >= 0.3 is 0 Å². The van der Waals surface area contributed by atoms with Crippen molar-refractivity contribution in [1.82, 2.24) is 4.73 Å². The summed E-state index contributed by atoms with van der Waals surface area (Å²) in [7, 11) is 1.65. The maximum absolute atomic E-state index is 9.77. The van der Waals surface area contributed by atoms with Crippen molar-refractivity contribution in [3.05, 3.63) is 48.0 Å². The maximum Gasteiger partial charge on any atom is 0.119 e. The van der Waals surface area contributed by atoms with E-state index in [0.717, 1.165) is 33.5 Å². The van der Waals surface area contributed by atoms with Crippen LogP contribution >= 0.6 is 0 Å². The number of phenols is 1. The fraction of sp³-hybridized carbons (Fsp3) is 0.222. The number of phenolic OH excluding ortho intramolecular Hbond substituents is 1. The van der Waals surface area contributed by atoms with Crippen LogP contribution in [0.15, 0.2) is 42.5 Å². The first-order chi connectivity index (χ1) is 10.7. The lowest BCUT2D eigenvalue weighted by Gasteiger charge is -2.12. The molecule has 0 aliphatic heterocycles. The van der Waals surface area contributed by atoms with Gasteiger partial charge in [-0.3, -0.25) is 0 Å². The highest BCUT2D eigenvalue weighted by Crippen LogP contribution is 2.35. The van der Waals surface area contributed by atoms with Gasteiger partial charge < -0.3 is 14.7 Å². The Balaban J connectivity index is 2.31. The zero-order chi connectivity index (χ0) is 15.7. The Morgan fingerprint density at radius 2 is 1.95 bits per heavy atom. The lowest BCUT2D eigenvalue weighted by Crippen LogP contribution is -2.11. The molecule has 4 heteroatoms. The van der Waals surface area contributed by atoms with Gasteiger partial charge in [0.2, 0.25) is 0 Å². The quantitative estimate of drug-likeness (QED) is 0.797. The van der Waals surface area contributed by atoms with Crippen LogP contribution in [-0.4, -0.2) is 23.6 Å². The average Bonchev–Trinajstić information content (AvgIpc) is 2.80. The number of benzene rings is 2. The van der Waals surface area contributed by atoms with Gasteiger partial charge in [-0.25, -0.2) is 0 Å². The number of hydrogen-bond acceptors (Lipinski definition) is 3. The van der Waals surface area contributed by atoms with Gasteiger partial charge in [0.1, 0.15) is 18.1 Å². The first kappa shape index (κ1) is 14.3. The molecule has 1 N–H and O–H groups in total. The average molecular weight is 297 g/mol. The molecule has 1 aromatic heterocycles. The summed E-state index contributed by atoms with van der Waals surface area (Å²) >= 11 is 0. The van der Waals surface area contributed by atoms with E-state index in [0.29, 0.717) is 6.61 Å². The number of fused-ring (bicyclic) bond motifs is 1. The van der Waals surface area contributed by atoms with Crippen molar-refractivity contribution >= 4 is 10.9 Å². The molecule has 0 aliphatic carbocycles. The van der Waals surface area contributed by atoms with Gasteiger partial charge in [0, 0.05) is 10.9 Å². The van der Waals surface area contributed by atoms with Crippen molar-refractivity contribution < 1.29 is 14.7 Å². The SMILES string of the molecule is CCOn1c(-c2cccc(OC)c2)c(C)c2cc(O)ccc21. The molecular formula is C18H19NO3. The van der Waals surface area contributed by atoms with E-state index < -0.39 is 0 Å². The molecule has 0 atom stereocenters. The Labute approximate surface area is 129 Å². The number of aryl methyl sites for hydroxylation is 1. The van der Waals surface area contributed by atoms with E-state index in [1.54, 1.807) is 19.2 Å². The lowest BCUT2D eigenvalue weighted by atomic mass is 10.1. The Morgan fingerprint density at radius 1 is 1.14 bits per heavy atom. The Morgan fingerprint density at radius 3 is 2.68 bits per heavy atom. The molecule has 0 aliphatic rings. The zero-order valence-corrected chi connectivity index (χ0v) is 13.0. The van der Waals surface area contributed by atoms with Crippen LogP contribution in [0.25, 0.3) is 22.2 Å². The minimum Gasteiger partial charge on any atom is -0.508 e. The predicted molar refractivity (Wildman–Crippen MR) is 87.4 cm³/mol.